The first-order valence-corrected chi connectivity index (χ1v) is 9.18. The highest BCUT2D eigenvalue weighted by Crippen LogP contribution is 2.36. The maximum Gasteiger partial charge on any atom is 0.138 e. The maximum absolute atomic E-state index is 6.24. The largest absolute Gasteiger partial charge is 0.489 e. The number of nitrogens with zero attached hydrogens (tertiary/aromatic N) is 2. The van der Waals surface area contributed by atoms with E-state index in [0.717, 1.165) is 35.4 Å². The predicted octanol–water partition coefficient (Wildman–Crippen LogP) is 4.23. The number of hydrogen-bond donors (Lipinski definition) is 1. The van der Waals surface area contributed by atoms with Gasteiger partial charge in [0, 0.05) is 34.7 Å². The van der Waals surface area contributed by atoms with Gasteiger partial charge in [0.1, 0.15) is 11.9 Å². The molecule has 0 unspecified atom stereocenters. The summed E-state index contributed by atoms with van der Waals surface area (Å²) in [6.45, 7) is 0. The molecule has 2 aliphatic heterocycles. The molecule has 0 spiro atoms. The molecule has 25 heavy (non-hydrogen) atoms. The van der Waals surface area contributed by atoms with E-state index < -0.39 is 0 Å². The molecule has 2 bridgehead atoms. The number of nitrogens with one attached hydrogen (secondary N) is 1. The van der Waals surface area contributed by atoms with Gasteiger partial charge in [-0.25, -0.2) is 0 Å². The Bertz CT molecular complexity index is 872. The Morgan fingerprint density at radius 1 is 1.08 bits per heavy atom. The Morgan fingerprint density at radius 2 is 1.92 bits per heavy atom. The number of aromatic amines is 1. The summed E-state index contributed by atoms with van der Waals surface area (Å²) in [6, 6.07) is 14.0. The Kier molecular flexibility index (Phi) is 3.52. The molecule has 1 aromatic carbocycles. The van der Waals surface area contributed by atoms with Gasteiger partial charge in [-0.3, -0.25) is 4.98 Å². The molecular formula is C21H23N3O. The van der Waals surface area contributed by atoms with Crippen molar-refractivity contribution >= 4 is 10.9 Å². The molecule has 1 N–H and O–H groups in total. The Hall–Kier alpha value is -2.33. The van der Waals surface area contributed by atoms with Crippen LogP contribution in [0.4, 0.5) is 0 Å². The third-order valence-electron chi connectivity index (χ3n) is 5.94. The summed E-state index contributed by atoms with van der Waals surface area (Å²) in [5, 5.41) is 1.21. The van der Waals surface area contributed by atoms with E-state index in [9.17, 15) is 0 Å². The lowest BCUT2D eigenvalue weighted by atomic mass is 10.0. The molecule has 2 saturated heterocycles. The number of H-pyrrole nitrogens is 1. The van der Waals surface area contributed by atoms with E-state index in [1.54, 1.807) is 0 Å². The van der Waals surface area contributed by atoms with Gasteiger partial charge in [-0.2, -0.15) is 0 Å². The fourth-order valence-electron chi connectivity index (χ4n) is 4.48. The van der Waals surface area contributed by atoms with Crippen LogP contribution < -0.4 is 4.74 Å². The standard InChI is InChI=1S/C21H23N3O/c1-24-16-3-4-17(24)12-19(11-16)25-18-5-7-21(23-13-18)14-2-6-20-15(10-14)8-9-22-20/h2,5-10,13,16-17,19,22H,3-4,11-12H2,1H3/t16-,17+,19+. The van der Waals surface area contributed by atoms with E-state index in [2.05, 4.69) is 58.3 Å². The van der Waals surface area contributed by atoms with Crippen molar-refractivity contribution < 1.29 is 4.74 Å². The lowest BCUT2D eigenvalue weighted by molar-refractivity contribution is 0.0659. The van der Waals surface area contributed by atoms with Gasteiger partial charge >= 0.3 is 0 Å². The second kappa shape index (κ2) is 5.88. The average molecular weight is 333 g/mol. The first-order valence-electron chi connectivity index (χ1n) is 9.18. The van der Waals surface area contributed by atoms with Crippen molar-refractivity contribution in [1.29, 1.82) is 0 Å². The van der Waals surface area contributed by atoms with Gasteiger partial charge in [-0.05, 0) is 63.1 Å². The zero-order chi connectivity index (χ0) is 16.8. The van der Waals surface area contributed by atoms with Gasteiger partial charge in [-0.15, -0.1) is 0 Å². The molecule has 4 heterocycles. The lowest BCUT2D eigenvalue weighted by Gasteiger charge is -2.36. The summed E-state index contributed by atoms with van der Waals surface area (Å²) < 4.78 is 6.24. The Morgan fingerprint density at radius 3 is 2.68 bits per heavy atom. The van der Waals surface area contributed by atoms with Crippen LogP contribution >= 0.6 is 0 Å². The molecule has 128 valence electrons. The van der Waals surface area contributed by atoms with Crippen molar-refractivity contribution in [2.45, 2.75) is 43.9 Å². The minimum absolute atomic E-state index is 0.331. The zero-order valence-electron chi connectivity index (χ0n) is 14.5. The molecule has 4 nitrogen and oxygen atoms in total. The molecule has 4 heteroatoms. The fraction of sp³-hybridized carbons (Fsp3) is 0.381. The van der Waals surface area contributed by atoms with Crippen molar-refractivity contribution in [2.75, 3.05) is 7.05 Å². The van der Waals surface area contributed by atoms with Crippen molar-refractivity contribution in [3.8, 4) is 17.0 Å². The van der Waals surface area contributed by atoms with Crippen LogP contribution in [-0.4, -0.2) is 40.1 Å². The van der Waals surface area contributed by atoms with Gasteiger partial charge < -0.3 is 14.6 Å². The van der Waals surface area contributed by atoms with Gasteiger partial charge in [-0.1, -0.05) is 6.07 Å². The summed E-state index contributed by atoms with van der Waals surface area (Å²) in [5.41, 5.74) is 3.27. The number of fused-ring (bicyclic) bond motifs is 3. The van der Waals surface area contributed by atoms with Crippen LogP contribution in [0.25, 0.3) is 22.2 Å². The first-order chi connectivity index (χ1) is 12.3. The molecule has 0 amide bonds. The van der Waals surface area contributed by atoms with Crippen molar-refractivity contribution in [3.05, 3.63) is 48.8 Å². The normalized spacial score (nSPS) is 26.2. The number of aromatic nitrogens is 2. The second-order valence-electron chi connectivity index (χ2n) is 7.42. The summed E-state index contributed by atoms with van der Waals surface area (Å²) in [5.74, 6) is 0.889. The van der Waals surface area contributed by atoms with Crippen LogP contribution in [0.3, 0.4) is 0 Å². The SMILES string of the molecule is CN1[C@@H]2CC[C@H]1C[C@@H](Oc1ccc(-c3ccc4[nH]ccc4c3)nc1)C2. The quantitative estimate of drug-likeness (QED) is 0.780. The van der Waals surface area contributed by atoms with Crippen LogP contribution in [0, 0.1) is 0 Å². The summed E-state index contributed by atoms with van der Waals surface area (Å²) in [6.07, 6.45) is 9.08. The Balaban J connectivity index is 1.31. The van der Waals surface area contributed by atoms with E-state index >= 15 is 0 Å². The predicted molar refractivity (Wildman–Crippen MR) is 99.8 cm³/mol. The highest BCUT2D eigenvalue weighted by Gasteiger charge is 2.39. The second-order valence-corrected chi connectivity index (χ2v) is 7.42. The van der Waals surface area contributed by atoms with Gasteiger partial charge in [0.2, 0.25) is 0 Å². The Labute approximate surface area is 147 Å². The number of piperidine rings is 1. The number of pyridine rings is 1. The van der Waals surface area contributed by atoms with Gasteiger partial charge in [0.25, 0.3) is 0 Å². The number of benzene rings is 1. The van der Waals surface area contributed by atoms with Crippen molar-refractivity contribution in [1.82, 2.24) is 14.9 Å². The molecule has 0 radical (unpaired) electrons. The third kappa shape index (κ3) is 2.71. The molecule has 2 aliphatic rings. The van der Waals surface area contributed by atoms with E-state index in [4.69, 9.17) is 4.74 Å². The average Bonchev–Trinajstić information content (AvgIpc) is 3.16. The van der Waals surface area contributed by atoms with Gasteiger partial charge in [0.05, 0.1) is 11.9 Å². The van der Waals surface area contributed by atoms with Crippen LogP contribution in [0.5, 0.6) is 5.75 Å². The monoisotopic (exact) mass is 333 g/mol. The highest BCUT2D eigenvalue weighted by molar-refractivity contribution is 5.84. The zero-order valence-corrected chi connectivity index (χ0v) is 14.5. The molecule has 5 rings (SSSR count). The molecular weight excluding hydrogens is 310 g/mol. The topological polar surface area (TPSA) is 41.1 Å². The highest BCUT2D eigenvalue weighted by atomic mass is 16.5. The minimum Gasteiger partial charge on any atom is -0.489 e. The van der Waals surface area contributed by atoms with Crippen LogP contribution in [-0.2, 0) is 0 Å². The number of rotatable bonds is 3. The smallest absolute Gasteiger partial charge is 0.138 e. The number of ether oxygens (including phenoxy) is 1. The summed E-state index contributed by atoms with van der Waals surface area (Å²) in [4.78, 5) is 10.4. The van der Waals surface area contributed by atoms with Crippen LogP contribution in [0.15, 0.2) is 48.8 Å². The van der Waals surface area contributed by atoms with Gasteiger partial charge in [0.15, 0.2) is 0 Å². The van der Waals surface area contributed by atoms with E-state index in [-0.39, 0.29) is 0 Å². The lowest BCUT2D eigenvalue weighted by Crippen LogP contribution is -2.43. The molecule has 3 aromatic rings. The van der Waals surface area contributed by atoms with E-state index in [0.29, 0.717) is 18.2 Å². The molecule has 3 atom stereocenters. The molecule has 2 fully saturated rings. The fourth-order valence-corrected chi connectivity index (χ4v) is 4.48. The summed E-state index contributed by atoms with van der Waals surface area (Å²) >= 11 is 0. The maximum atomic E-state index is 6.24. The third-order valence-corrected chi connectivity index (χ3v) is 5.94. The van der Waals surface area contributed by atoms with Crippen LogP contribution in [0.1, 0.15) is 25.7 Å². The van der Waals surface area contributed by atoms with E-state index in [1.165, 1.54) is 18.2 Å². The molecule has 0 saturated carbocycles. The summed E-state index contributed by atoms with van der Waals surface area (Å²) in [7, 11) is 2.26. The number of hydrogen-bond acceptors (Lipinski definition) is 3. The minimum atomic E-state index is 0.331. The first kappa shape index (κ1) is 15.0. The molecule has 2 aromatic heterocycles. The van der Waals surface area contributed by atoms with Crippen molar-refractivity contribution in [3.63, 3.8) is 0 Å². The van der Waals surface area contributed by atoms with Crippen LogP contribution in [0.2, 0.25) is 0 Å². The van der Waals surface area contributed by atoms with E-state index in [1.807, 2.05) is 12.4 Å². The van der Waals surface area contributed by atoms with Crippen molar-refractivity contribution in [2.24, 2.45) is 0 Å². The molecule has 0 aliphatic carbocycles.